The number of benzene rings is 1. The van der Waals surface area contributed by atoms with E-state index in [-0.39, 0.29) is 6.61 Å². The molecule has 0 saturated heterocycles. The maximum atomic E-state index is 8.62. The summed E-state index contributed by atoms with van der Waals surface area (Å²) in [6, 6.07) is 5.96. The number of hydrogen-bond donors (Lipinski definition) is 2. The van der Waals surface area contributed by atoms with Gasteiger partial charge in [-0.1, -0.05) is 12.1 Å². The lowest BCUT2D eigenvalue weighted by atomic mass is 10.1. The van der Waals surface area contributed by atoms with Crippen LogP contribution in [0.5, 0.6) is 5.75 Å². The van der Waals surface area contributed by atoms with E-state index in [0.717, 1.165) is 16.9 Å². The maximum absolute atomic E-state index is 8.62. The van der Waals surface area contributed by atoms with E-state index in [1.165, 1.54) is 0 Å². The highest BCUT2D eigenvalue weighted by Gasteiger charge is 2.01. The van der Waals surface area contributed by atoms with Gasteiger partial charge in [0.05, 0.1) is 6.61 Å². The number of ether oxygens (including phenoxy) is 1. The first-order valence-electron chi connectivity index (χ1n) is 4.81. The Balaban J connectivity index is 2.67. The second kappa shape index (κ2) is 5.62. The summed E-state index contributed by atoms with van der Waals surface area (Å²) in [5.74, 6) is 0.834. The summed E-state index contributed by atoms with van der Waals surface area (Å²) < 4.78 is 5.51. The highest BCUT2D eigenvalue weighted by molar-refractivity contribution is 5.36. The van der Waals surface area contributed by atoms with E-state index < -0.39 is 0 Å². The van der Waals surface area contributed by atoms with Crippen LogP contribution in [0, 0.1) is 6.92 Å². The predicted octanol–water partition coefficient (Wildman–Crippen LogP) is 1.21. The van der Waals surface area contributed by atoms with E-state index in [9.17, 15) is 0 Å². The molecular weight excluding hydrogens is 178 g/mol. The highest BCUT2D eigenvalue weighted by Crippen LogP contribution is 2.19. The van der Waals surface area contributed by atoms with Crippen molar-refractivity contribution in [3.8, 4) is 5.75 Å². The molecule has 3 heteroatoms. The fourth-order valence-electron chi connectivity index (χ4n) is 1.21. The van der Waals surface area contributed by atoms with Gasteiger partial charge in [-0.3, -0.25) is 0 Å². The van der Waals surface area contributed by atoms with Crippen molar-refractivity contribution < 1.29 is 9.84 Å². The van der Waals surface area contributed by atoms with Crippen LogP contribution in [0.4, 0.5) is 0 Å². The first kappa shape index (κ1) is 11.0. The molecule has 0 aliphatic carbocycles. The lowest BCUT2D eigenvalue weighted by Gasteiger charge is -2.10. The van der Waals surface area contributed by atoms with Gasteiger partial charge in [-0.15, -0.1) is 0 Å². The Bertz CT molecular complexity index is 287. The molecule has 0 radical (unpaired) electrons. The SMILES string of the molecule is Cc1ccc(CN)c(OCCCO)c1. The van der Waals surface area contributed by atoms with Gasteiger partial charge in [-0.2, -0.15) is 0 Å². The van der Waals surface area contributed by atoms with Crippen LogP contribution in [0.15, 0.2) is 18.2 Å². The molecule has 0 aromatic heterocycles. The van der Waals surface area contributed by atoms with Gasteiger partial charge in [0.1, 0.15) is 5.75 Å². The summed E-state index contributed by atoms with van der Waals surface area (Å²) in [7, 11) is 0. The van der Waals surface area contributed by atoms with E-state index in [0.29, 0.717) is 19.6 Å². The van der Waals surface area contributed by atoms with Crippen molar-refractivity contribution >= 4 is 0 Å². The summed E-state index contributed by atoms with van der Waals surface area (Å²) in [5, 5.41) is 8.62. The van der Waals surface area contributed by atoms with Gasteiger partial charge in [0.15, 0.2) is 0 Å². The number of rotatable bonds is 5. The first-order valence-corrected chi connectivity index (χ1v) is 4.81. The van der Waals surface area contributed by atoms with Gasteiger partial charge in [0, 0.05) is 25.1 Å². The standard InChI is InChI=1S/C11H17NO2/c1-9-3-4-10(8-12)11(7-9)14-6-2-5-13/h3-4,7,13H,2,5-6,8,12H2,1H3. The third-order valence-corrected chi connectivity index (χ3v) is 2.00. The summed E-state index contributed by atoms with van der Waals surface area (Å²) in [6.07, 6.45) is 0.651. The molecule has 0 amide bonds. The number of aliphatic hydroxyl groups excluding tert-OH is 1. The summed E-state index contributed by atoms with van der Waals surface area (Å²) in [4.78, 5) is 0. The Morgan fingerprint density at radius 2 is 2.21 bits per heavy atom. The summed E-state index contributed by atoms with van der Waals surface area (Å²) >= 11 is 0. The topological polar surface area (TPSA) is 55.5 Å². The van der Waals surface area contributed by atoms with Crippen LogP contribution in [0.25, 0.3) is 0 Å². The molecule has 1 aromatic carbocycles. The maximum Gasteiger partial charge on any atom is 0.124 e. The summed E-state index contributed by atoms with van der Waals surface area (Å²) in [5.41, 5.74) is 7.74. The molecule has 0 atom stereocenters. The molecule has 0 aliphatic rings. The third kappa shape index (κ3) is 3.01. The van der Waals surface area contributed by atoms with Crippen LogP contribution < -0.4 is 10.5 Å². The number of aryl methyl sites for hydroxylation is 1. The second-order valence-corrected chi connectivity index (χ2v) is 3.24. The fraction of sp³-hybridized carbons (Fsp3) is 0.455. The van der Waals surface area contributed by atoms with E-state index >= 15 is 0 Å². The minimum Gasteiger partial charge on any atom is -0.493 e. The number of nitrogens with two attached hydrogens (primary N) is 1. The van der Waals surface area contributed by atoms with Gasteiger partial charge in [0.2, 0.25) is 0 Å². The highest BCUT2D eigenvalue weighted by atomic mass is 16.5. The van der Waals surface area contributed by atoms with Crippen molar-refractivity contribution in [2.45, 2.75) is 19.9 Å². The Hall–Kier alpha value is -1.06. The molecule has 0 saturated carbocycles. The monoisotopic (exact) mass is 195 g/mol. The fourth-order valence-corrected chi connectivity index (χ4v) is 1.21. The van der Waals surface area contributed by atoms with Crippen molar-refractivity contribution in [3.05, 3.63) is 29.3 Å². The lowest BCUT2D eigenvalue weighted by molar-refractivity contribution is 0.232. The molecular formula is C11H17NO2. The molecule has 0 unspecified atom stereocenters. The van der Waals surface area contributed by atoms with Crippen LogP contribution >= 0.6 is 0 Å². The third-order valence-electron chi connectivity index (χ3n) is 2.00. The lowest BCUT2D eigenvalue weighted by Crippen LogP contribution is -2.05. The average Bonchev–Trinajstić information content (AvgIpc) is 2.19. The summed E-state index contributed by atoms with van der Waals surface area (Å²) in [6.45, 7) is 3.19. The van der Waals surface area contributed by atoms with Crippen molar-refractivity contribution in [2.75, 3.05) is 13.2 Å². The molecule has 1 aromatic rings. The molecule has 0 fully saturated rings. The van der Waals surface area contributed by atoms with E-state index in [1.54, 1.807) is 0 Å². The van der Waals surface area contributed by atoms with Gasteiger partial charge < -0.3 is 15.6 Å². The van der Waals surface area contributed by atoms with Gasteiger partial charge in [0.25, 0.3) is 0 Å². The van der Waals surface area contributed by atoms with E-state index in [4.69, 9.17) is 15.6 Å². The Morgan fingerprint density at radius 1 is 1.43 bits per heavy atom. The predicted molar refractivity (Wildman–Crippen MR) is 56.3 cm³/mol. The minimum atomic E-state index is 0.157. The van der Waals surface area contributed by atoms with Gasteiger partial charge in [-0.25, -0.2) is 0 Å². The molecule has 0 heterocycles. The van der Waals surface area contributed by atoms with E-state index in [1.807, 2.05) is 25.1 Å². The molecule has 78 valence electrons. The van der Waals surface area contributed by atoms with Crippen molar-refractivity contribution in [1.29, 1.82) is 0 Å². The Morgan fingerprint density at radius 3 is 2.86 bits per heavy atom. The largest absolute Gasteiger partial charge is 0.493 e. The van der Waals surface area contributed by atoms with Crippen LogP contribution in [0.3, 0.4) is 0 Å². The smallest absolute Gasteiger partial charge is 0.124 e. The molecule has 0 bridgehead atoms. The minimum absolute atomic E-state index is 0.157. The van der Waals surface area contributed by atoms with Crippen LogP contribution in [-0.4, -0.2) is 18.3 Å². The number of hydrogen-bond acceptors (Lipinski definition) is 3. The molecule has 1 rings (SSSR count). The van der Waals surface area contributed by atoms with Crippen molar-refractivity contribution in [1.82, 2.24) is 0 Å². The molecule has 0 spiro atoms. The van der Waals surface area contributed by atoms with E-state index in [2.05, 4.69) is 0 Å². The number of aliphatic hydroxyl groups is 1. The second-order valence-electron chi connectivity index (χ2n) is 3.24. The van der Waals surface area contributed by atoms with Crippen LogP contribution in [0.1, 0.15) is 17.5 Å². The average molecular weight is 195 g/mol. The zero-order chi connectivity index (χ0) is 10.4. The van der Waals surface area contributed by atoms with Gasteiger partial charge in [-0.05, 0) is 18.6 Å². The molecule has 0 aliphatic heterocycles. The Kier molecular flexibility index (Phi) is 4.43. The van der Waals surface area contributed by atoms with Crippen molar-refractivity contribution in [2.24, 2.45) is 5.73 Å². The molecule has 3 N–H and O–H groups in total. The Labute approximate surface area is 84.5 Å². The van der Waals surface area contributed by atoms with Crippen molar-refractivity contribution in [3.63, 3.8) is 0 Å². The zero-order valence-corrected chi connectivity index (χ0v) is 8.49. The van der Waals surface area contributed by atoms with Gasteiger partial charge >= 0.3 is 0 Å². The molecule has 14 heavy (non-hydrogen) atoms. The first-order chi connectivity index (χ1) is 6.77. The van der Waals surface area contributed by atoms with Crippen LogP contribution in [0.2, 0.25) is 0 Å². The quantitative estimate of drug-likeness (QED) is 0.694. The normalized spacial score (nSPS) is 10.2. The van der Waals surface area contributed by atoms with Crippen LogP contribution in [-0.2, 0) is 6.54 Å². The zero-order valence-electron chi connectivity index (χ0n) is 8.49. The molecule has 3 nitrogen and oxygen atoms in total.